The number of nitrogens with zero attached hydrogens (tertiary/aromatic N) is 4. The number of fused-ring (bicyclic) bond motifs is 1. The van der Waals surface area contributed by atoms with Crippen molar-refractivity contribution in [3.8, 4) is 0 Å². The zero-order valence-electron chi connectivity index (χ0n) is 15.2. The van der Waals surface area contributed by atoms with Crippen LogP contribution < -0.4 is 11.1 Å². The topological polar surface area (TPSA) is 101 Å². The normalized spacial score (nSPS) is 16.7. The van der Waals surface area contributed by atoms with E-state index < -0.39 is 36.0 Å². The molecule has 8 nitrogen and oxygen atoms in total. The van der Waals surface area contributed by atoms with Crippen molar-refractivity contribution in [1.82, 2.24) is 24.4 Å². The third-order valence-corrected chi connectivity index (χ3v) is 4.93. The second kappa shape index (κ2) is 7.53. The standard InChI is InChI=1S/C19H17F2N5O3/c20-14(21)10-26-16(24-12-5-2-1-4-11(12)18(26)28)13-6-3-9-25(13)19(29)15-17(27)23-8-7-22-15/h1-2,4-5,7-8,13-14H,3,6,9-10H2,(H,23,27). The number of benzene rings is 1. The Bertz CT molecular complexity index is 1190. The highest BCUT2D eigenvalue weighted by Crippen LogP contribution is 2.32. The third kappa shape index (κ3) is 3.41. The van der Waals surface area contributed by atoms with Crippen molar-refractivity contribution < 1.29 is 13.6 Å². The monoisotopic (exact) mass is 401 g/mol. The number of halogens is 2. The molecule has 0 radical (unpaired) electrons. The molecule has 1 unspecified atom stereocenters. The molecule has 1 atom stereocenters. The van der Waals surface area contributed by atoms with Crippen molar-refractivity contribution in [2.45, 2.75) is 31.9 Å². The van der Waals surface area contributed by atoms with Crippen LogP contribution in [0, 0.1) is 0 Å². The number of aromatic nitrogens is 4. The predicted octanol–water partition coefficient (Wildman–Crippen LogP) is 1.72. The second-order valence-electron chi connectivity index (χ2n) is 6.72. The summed E-state index contributed by atoms with van der Waals surface area (Å²) in [6.45, 7) is -0.522. The van der Waals surface area contributed by atoms with E-state index in [2.05, 4.69) is 15.0 Å². The Hall–Kier alpha value is -3.43. The fourth-order valence-corrected chi connectivity index (χ4v) is 3.67. The van der Waals surface area contributed by atoms with Crippen LogP contribution in [0.4, 0.5) is 8.78 Å². The number of alkyl halides is 2. The first-order valence-electron chi connectivity index (χ1n) is 9.09. The minimum absolute atomic E-state index is 0.0900. The van der Waals surface area contributed by atoms with Crippen LogP contribution in [0.3, 0.4) is 0 Å². The smallest absolute Gasteiger partial charge is 0.279 e. The van der Waals surface area contributed by atoms with Crippen molar-refractivity contribution in [2.75, 3.05) is 6.54 Å². The lowest BCUT2D eigenvalue weighted by molar-refractivity contribution is 0.0712. The molecule has 0 spiro atoms. The number of amides is 1. The van der Waals surface area contributed by atoms with E-state index in [1.54, 1.807) is 18.2 Å². The van der Waals surface area contributed by atoms with Gasteiger partial charge in [-0.25, -0.2) is 18.7 Å². The largest absolute Gasteiger partial charge is 0.327 e. The van der Waals surface area contributed by atoms with Gasteiger partial charge in [0.05, 0.1) is 23.5 Å². The van der Waals surface area contributed by atoms with Crippen molar-refractivity contribution in [3.05, 3.63) is 68.9 Å². The summed E-state index contributed by atoms with van der Waals surface area (Å²) in [7, 11) is 0. The van der Waals surface area contributed by atoms with E-state index in [0.717, 1.165) is 4.57 Å². The number of aromatic amines is 1. The van der Waals surface area contributed by atoms with E-state index in [1.807, 2.05) is 0 Å². The molecule has 1 aliphatic heterocycles. The molecule has 150 valence electrons. The van der Waals surface area contributed by atoms with Crippen LogP contribution in [-0.4, -0.2) is 43.3 Å². The Morgan fingerprint density at radius 1 is 1.28 bits per heavy atom. The van der Waals surface area contributed by atoms with Crippen molar-refractivity contribution in [2.24, 2.45) is 0 Å². The highest BCUT2D eigenvalue weighted by molar-refractivity contribution is 5.92. The average molecular weight is 401 g/mol. The summed E-state index contributed by atoms with van der Waals surface area (Å²) >= 11 is 0. The maximum atomic E-state index is 13.2. The summed E-state index contributed by atoms with van der Waals surface area (Å²) in [6, 6.07) is 5.77. The number of carbonyl (C=O) groups is 1. The highest BCUT2D eigenvalue weighted by atomic mass is 19.3. The number of nitrogens with one attached hydrogen (secondary N) is 1. The summed E-state index contributed by atoms with van der Waals surface area (Å²) < 4.78 is 27.4. The summed E-state index contributed by atoms with van der Waals surface area (Å²) in [4.78, 5) is 49.8. The number of para-hydroxylation sites is 1. The fraction of sp³-hybridized carbons (Fsp3) is 0.316. The van der Waals surface area contributed by atoms with E-state index in [9.17, 15) is 23.2 Å². The van der Waals surface area contributed by atoms with Crippen LogP contribution in [-0.2, 0) is 6.54 Å². The van der Waals surface area contributed by atoms with Crippen LogP contribution in [0.5, 0.6) is 0 Å². The van der Waals surface area contributed by atoms with Gasteiger partial charge in [0.2, 0.25) is 0 Å². The maximum Gasteiger partial charge on any atom is 0.279 e. The summed E-state index contributed by atoms with van der Waals surface area (Å²) in [6.07, 6.45) is 0.855. The number of likely N-dealkylation sites (tertiary alicyclic amines) is 1. The minimum atomic E-state index is -2.77. The molecule has 0 saturated carbocycles. The summed E-state index contributed by atoms with van der Waals surface area (Å²) in [5.41, 5.74) is -1.14. The van der Waals surface area contributed by atoms with Gasteiger partial charge in [-0.1, -0.05) is 12.1 Å². The molecule has 1 saturated heterocycles. The minimum Gasteiger partial charge on any atom is -0.327 e. The molecular formula is C19H17F2N5O3. The molecule has 1 aromatic carbocycles. The van der Waals surface area contributed by atoms with Gasteiger partial charge in [0.15, 0.2) is 5.69 Å². The van der Waals surface area contributed by atoms with Crippen LogP contribution in [0.25, 0.3) is 10.9 Å². The molecular weight excluding hydrogens is 384 g/mol. The Morgan fingerprint density at radius 3 is 2.83 bits per heavy atom. The first kappa shape index (κ1) is 18.9. The van der Waals surface area contributed by atoms with Gasteiger partial charge in [-0.3, -0.25) is 19.0 Å². The fourth-order valence-electron chi connectivity index (χ4n) is 3.67. The Labute approximate surface area is 162 Å². The van der Waals surface area contributed by atoms with E-state index in [-0.39, 0.29) is 16.9 Å². The molecule has 3 heterocycles. The molecule has 0 bridgehead atoms. The second-order valence-corrected chi connectivity index (χ2v) is 6.72. The predicted molar refractivity (Wildman–Crippen MR) is 99.9 cm³/mol. The van der Waals surface area contributed by atoms with E-state index >= 15 is 0 Å². The molecule has 29 heavy (non-hydrogen) atoms. The lowest BCUT2D eigenvalue weighted by atomic mass is 10.1. The number of hydrogen-bond donors (Lipinski definition) is 1. The number of H-pyrrole nitrogens is 1. The number of hydrogen-bond acceptors (Lipinski definition) is 5. The average Bonchev–Trinajstić information content (AvgIpc) is 3.19. The number of carbonyl (C=O) groups excluding carboxylic acids is 1. The van der Waals surface area contributed by atoms with E-state index in [0.29, 0.717) is 24.9 Å². The highest BCUT2D eigenvalue weighted by Gasteiger charge is 2.35. The lowest BCUT2D eigenvalue weighted by Gasteiger charge is -2.26. The lowest BCUT2D eigenvalue weighted by Crippen LogP contribution is -2.38. The molecule has 10 heteroatoms. The molecule has 2 aromatic heterocycles. The first-order valence-corrected chi connectivity index (χ1v) is 9.09. The van der Waals surface area contributed by atoms with Gasteiger partial charge in [0.25, 0.3) is 23.5 Å². The summed E-state index contributed by atoms with van der Waals surface area (Å²) in [5, 5.41) is 0.231. The van der Waals surface area contributed by atoms with E-state index in [4.69, 9.17) is 0 Å². The van der Waals surface area contributed by atoms with Gasteiger partial charge in [-0.15, -0.1) is 0 Å². The number of rotatable bonds is 4. The molecule has 1 fully saturated rings. The SMILES string of the molecule is O=C(c1ncc[nH]c1=O)N1CCCC1c1nc2ccccc2c(=O)n1CC(F)F. The van der Waals surface area contributed by atoms with Gasteiger partial charge in [-0.05, 0) is 25.0 Å². The third-order valence-electron chi connectivity index (χ3n) is 4.93. The maximum absolute atomic E-state index is 13.2. The van der Waals surface area contributed by atoms with E-state index in [1.165, 1.54) is 23.4 Å². The molecule has 1 aliphatic rings. The Morgan fingerprint density at radius 2 is 2.07 bits per heavy atom. The van der Waals surface area contributed by atoms with Crippen molar-refractivity contribution >= 4 is 16.8 Å². The van der Waals surface area contributed by atoms with Crippen LogP contribution >= 0.6 is 0 Å². The molecule has 1 amide bonds. The van der Waals surface area contributed by atoms with Crippen LogP contribution in [0.15, 0.2) is 46.2 Å². The molecule has 0 aliphatic carbocycles. The zero-order chi connectivity index (χ0) is 20.5. The van der Waals surface area contributed by atoms with Crippen LogP contribution in [0.1, 0.15) is 35.2 Å². The van der Waals surface area contributed by atoms with Gasteiger partial charge in [0.1, 0.15) is 5.82 Å². The first-order chi connectivity index (χ1) is 14.0. The molecule has 3 aromatic rings. The molecule has 4 rings (SSSR count). The van der Waals surface area contributed by atoms with Crippen molar-refractivity contribution in [3.63, 3.8) is 0 Å². The van der Waals surface area contributed by atoms with Gasteiger partial charge < -0.3 is 9.88 Å². The Balaban J connectivity index is 1.84. The van der Waals surface area contributed by atoms with Crippen LogP contribution in [0.2, 0.25) is 0 Å². The Kier molecular flexibility index (Phi) is 4.91. The summed E-state index contributed by atoms with van der Waals surface area (Å²) in [5.74, 6) is -0.535. The quantitative estimate of drug-likeness (QED) is 0.718. The zero-order valence-corrected chi connectivity index (χ0v) is 15.2. The van der Waals surface area contributed by atoms with Gasteiger partial charge >= 0.3 is 0 Å². The van der Waals surface area contributed by atoms with Gasteiger partial charge in [-0.2, -0.15) is 0 Å². The van der Waals surface area contributed by atoms with Gasteiger partial charge in [0, 0.05) is 18.9 Å². The molecule has 1 N–H and O–H groups in total. The van der Waals surface area contributed by atoms with Crippen molar-refractivity contribution in [1.29, 1.82) is 0 Å².